The van der Waals surface area contributed by atoms with E-state index < -0.39 is 47.8 Å². The first-order chi connectivity index (χ1) is 17.7. The van der Waals surface area contributed by atoms with Crippen LogP contribution >= 0.6 is 23.8 Å². The first-order valence-corrected chi connectivity index (χ1v) is 13.5. The Balaban J connectivity index is 1.71. The molecule has 3 aromatic carbocycles. The van der Waals surface area contributed by atoms with Crippen LogP contribution in [0.15, 0.2) is 71.2 Å². The summed E-state index contributed by atoms with van der Waals surface area (Å²) in [6.07, 6.45) is -4.48. The third-order valence-electron chi connectivity index (χ3n) is 5.40. The van der Waals surface area contributed by atoms with Crippen LogP contribution < -0.4 is 15.8 Å². The van der Waals surface area contributed by atoms with E-state index in [1.165, 1.54) is 6.07 Å². The van der Waals surface area contributed by atoms with Gasteiger partial charge in [-0.3, -0.25) is 9.32 Å². The molecule has 0 saturated heterocycles. The van der Waals surface area contributed by atoms with Crippen LogP contribution in [0.4, 0.5) is 18.9 Å². The number of rotatable bonds is 10. The van der Waals surface area contributed by atoms with Gasteiger partial charge in [-0.2, -0.15) is 13.2 Å². The fraction of sp³-hybridized carbons (Fsp3) is 0.240. The molecule has 5 N–H and O–H groups in total. The molecule has 204 valence electrons. The van der Waals surface area contributed by atoms with Crippen molar-refractivity contribution in [2.24, 2.45) is 5.73 Å². The number of carbonyl (C=O) groups excluding carboxylic acids is 1. The number of anilines is 1. The summed E-state index contributed by atoms with van der Waals surface area (Å²) in [4.78, 5) is 30.1. The van der Waals surface area contributed by atoms with E-state index in [-0.39, 0.29) is 12.3 Å². The summed E-state index contributed by atoms with van der Waals surface area (Å²) in [7, 11) is -4.91. The molecule has 0 saturated carbocycles. The number of hydrogen-bond acceptors (Lipinski definition) is 5. The van der Waals surface area contributed by atoms with Crippen molar-refractivity contribution in [3.8, 4) is 16.9 Å². The van der Waals surface area contributed by atoms with E-state index in [4.69, 9.17) is 20.3 Å². The molecule has 0 heterocycles. The van der Waals surface area contributed by atoms with Crippen LogP contribution in [0.2, 0.25) is 0 Å². The third kappa shape index (κ3) is 8.13. The van der Waals surface area contributed by atoms with E-state index in [0.717, 1.165) is 29.7 Å². The molecule has 0 spiro atoms. The minimum atomic E-state index is -4.91. The van der Waals surface area contributed by atoms with Gasteiger partial charge >= 0.3 is 14.0 Å². The van der Waals surface area contributed by atoms with E-state index in [0.29, 0.717) is 6.42 Å². The van der Waals surface area contributed by atoms with Crippen molar-refractivity contribution >= 4 is 35.3 Å². The Labute approximate surface area is 225 Å². The lowest BCUT2D eigenvalue weighted by molar-refractivity contribution is -0.139. The van der Waals surface area contributed by atoms with Crippen molar-refractivity contribution < 1.29 is 41.6 Å². The van der Waals surface area contributed by atoms with Crippen molar-refractivity contribution in [3.63, 3.8) is 0 Å². The molecular formula is C25H25BrF3N2O6P. The molecule has 38 heavy (non-hydrogen) atoms. The highest BCUT2D eigenvalue weighted by atomic mass is 79.9. The van der Waals surface area contributed by atoms with Gasteiger partial charge in [-0.05, 0) is 51.7 Å². The Hall–Kier alpha value is -2.73. The largest absolute Gasteiger partial charge is 0.493 e. The predicted octanol–water partition coefficient (Wildman–Crippen LogP) is 5.52. The van der Waals surface area contributed by atoms with Gasteiger partial charge in [-0.1, -0.05) is 54.6 Å². The summed E-state index contributed by atoms with van der Waals surface area (Å²) in [6, 6.07) is 19.6. The normalized spacial score (nSPS) is 13.6. The second-order valence-corrected chi connectivity index (χ2v) is 10.6. The zero-order chi connectivity index (χ0) is 28.1. The van der Waals surface area contributed by atoms with Gasteiger partial charge in [0, 0.05) is 6.42 Å². The number of benzene rings is 3. The smallest absolute Gasteiger partial charge is 0.469 e. The number of phosphoric ester groups is 1. The van der Waals surface area contributed by atoms with Gasteiger partial charge < -0.3 is 25.6 Å². The van der Waals surface area contributed by atoms with E-state index in [2.05, 4.69) is 25.8 Å². The van der Waals surface area contributed by atoms with Gasteiger partial charge in [0.05, 0.1) is 23.4 Å². The molecule has 0 aliphatic carbocycles. The van der Waals surface area contributed by atoms with Gasteiger partial charge in [0.1, 0.15) is 16.9 Å². The molecule has 0 radical (unpaired) electrons. The topological polar surface area (TPSA) is 131 Å². The highest BCUT2D eigenvalue weighted by molar-refractivity contribution is 9.10. The maximum Gasteiger partial charge on any atom is 0.469 e. The fourth-order valence-corrected chi connectivity index (χ4v) is 4.45. The van der Waals surface area contributed by atoms with Gasteiger partial charge in [0.2, 0.25) is 5.91 Å². The van der Waals surface area contributed by atoms with Gasteiger partial charge in [0.15, 0.2) is 0 Å². The standard InChI is InChI=1S/C25H25BrF3N2O6P/c1-24(30,15-37-38(33,34)35)23(32)31-19-11-12-20(21(22(19)26)25(27,28)29)36-14-13-16-7-9-18(10-8-16)17-5-3-2-4-6-17/h2-12H,13-15,30H2,1H3,(H,31,32)(H2,33,34,35)/t24-/m0/s1. The van der Waals surface area contributed by atoms with Crippen molar-refractivity contribution in [2.75, 3.05) is 18.5 Å². The quantitative estimate of drug-likeness (QED) is 0.221. The summed E-state index contributed by atoms with van der Waals surface area (Å²) in [5.74, 6) is -1.46. The van der Waals surface area contributed by atoms with Crippen LogP contribution in [-0.2, 0) is 26.5 Å². The Morgan fingerprint density at radius 1 is 1.03 bits per heavy atom. The zero-order valence-electron chi connectivity index (χ0n) is 20.0. The van der Waals surface area contributed by atoms with E-state index in [1.54, 1.807) is 0 Å². The van der Waals surface area contributed by atoms with E-state index in [9.17, 15) is 22.5 Å². The minimum absolute atomic E-state index is 0.0352. The Kier molecular flexibility index (Phi) is 9.40. The molecule has 0 aliphatic heterocycles. The van der Waals surface area contributed by atoms with Crippen molar-refractivity contribution in [3.05, 3.63) is 82.3 Å². The summed E-state index contributed by atoms with van der Waals surface area (Å²) in [6.45, 7) is 0.202. The molecule has 0 fully saturated rings. The van der Waals surface area contributed by atoms with Crippen LogP contribution in [0.5, 0.6) is 5.75 Å². The van der Waals surface area contributed by atoms with E-state index >= 15 is 0 Å². The second-order valence-electron chi connectivity index (χ2n) is 8.60. The number of phosphoric acid groups is 1. The minimum Gasteiger partial charge on any atom is -0.493 e. The number of carbonyl (C=O) groups is 1. The van der Waals surface area contributed by atoms with Crippen LogP contribution in [0.1, 0.15) is 18.1 Å². The third-order valence-corrected chi connectivity index (χ3v) is 6.69. The number of ether oxygens (including phenoxy) is 1. The lowest BCUT2D eigenvalue weighted by Gasteiger charge is -2.24. The van der Waals surface area contributed by atoms with Crippen molar-refractivity contribution in [1.82, 2.24) is 0 Å². The molecule has 0 bridgehead atoms. The average molecular weight is 617 g/mol. The Morgan fingerprint density at radius 2 is 1.63 bits per heavy atom. The van der Waals surface area contributed by atoms with Crippen LogP contribution in [-0.4, -0.2) is 34.4 Å². The highest BCUT2D eigenvalue weighted by Gasteiger charge is 2.39. The van der Waals surface area contributed by atoms with Crippen molar-refractivity contribution in [1.29, 1.82) is 0 Å². The summed E-state index contributed by atoms with van der Waals surface area (Å²) < 4.78 is 61.9. The SMILES string of the molecule is C[C@](N)(COP(=O)(O)O)C(=O)Nc1ccc(OCCc2ccc(-c3ccccc3)cc2)c(C(F)(F)F)c1Br. The highest BCUT2D eigenvalue weighted by Crippen LogP contribution is 2.44. The van der Waals surface area contributed by atoms with Gasteiger partial charge in [-0.25, -0.2) is 4.57 Å². The molecule has 8 nitrogen and oxygen atoms in total. The number of amides is 1. The molecule has 0 unspecified atom stereocenters. The number of halogens is 4. The van der Waals surface area contributed by atoms with Gasteiger partial charge in [0.25, 0.3) is 0 Å². The Bertz CT molecular complexity index is 1320. The number of nitrogens with one attached hydrogen (secondary N) is 1. The number of hydrogen-bond donors (Lipinski definition) is 4. The molecule has 0 aliphatic rings. The molecule has 3 aromatic rings. The second kappa shape index (κ2) is 12.0. The molecule has 1 atom stereocenters. The lowest BCUT2D eigenvalue weighted by Crippen LogP contribution is -2.52. The number of nitrogens with two attached hydrogens (primary N) is 1. The molecular weight excluding hydrogens is 592 g/mol. The summed E-state index contributed by atoms with van der Waals surface area (Å²) in [5.41, 5.74) is 5.32. The fourth-order valence-electron chi connectivity index (χ4n) is 3.36. The first-order valence-electron chi connectivity index (χ1n) is 11.1. The van der Waals surface area contributed by atoms with Crippen LogP contribution in [0.25, 0.3) is 11.1 Å². The lowest BCUT2D eigenvalue weighted by atomic mass is 10.0. The number of alkyl halides is 3. The zero-order valence-corrected chi connectivity index (χ0v) is 22.5. The Morgan fingerprint density at radius 3 is 2.21 bits per heavy atom. The maximum atomic E-state index is 13.9. The maximum absolute atomic E-state index is 13.9. The van der Waals surface area contributed by atoms with Crippen LogP contribution in [0.3, 0.4) is 0 Å². The monoisotopic (exact) mass is 616 g/mol. The van der Waals surface area contributed by atoms with Crippen LogP contribution in [0, 0.1) is 0 Å². The summed E-state index contributed by atoms with van der Waals surface area (Å²) in [5, 5.41) is 2.23. The van der Waals surface area contributed by atoms with Gasteiger partial charge in [-0.15, -0.1) is 0 Å². The predicted molar refractivity (Wildman–Crippen MR) is 139 cm³/mol. The molecule has 1 amide bonds. The average Bonchev–Trinajstić information content (AvgIpc) is 2.84. The van der Waals surface area contributed by atoms with Crippen molar-refractivity contribution in [2.45, 2.75) is 25.1 Å². The molecule has 0 aromatic heterocycles. The van der Waals surface area contributed by atoms with E-state index in [1.807, 2.05) is 54.6 Å². The summed E-state index contributed by atoms with van der Waals surface area (Å²) >= 11 is 2.89. The first kappa shape index (κ1) is 29.8. The molecule has 13 heteroatoms. The molecule has 3 rings (SSSR count).